The number of carbonyl (C=O) groups is 1. The summed E-state index contributed by atoms with van der Waals surface area (Å²) in [6, 6.07) is -0.397. The number of hydrogen-bond donors (Lipinski definition) is 2. The van der Waals surface area contributed by atoms with Crippen molar-refractivity contribution in [3.8, 4) is 0 Å². The topological polar surface area (TPSA) is 78.8 Å². The molecule has 0 aromatic rings. The summed E-state index contributed by atoms with van der Waals surface area (Å²) >= 11 is 0. The van der Waals surface area contributed by atoms with Crippen LogP contribution in [0.5, 0.6) is 0 Å². The molecule has 1 rings (SSSR count). The molecular formula is C48H95N5O. The molecule has 54 heavy (non-hydrogen) atoms. The van der Waals surface area contributed by atoms with E-state index in [0.717, 1.165) is 71.6 Å². The number of unbranched alkanes of at least 4 members (excludes halogenated alkanes) is 25. The van der Waals surface area contributed by atoms with Crippen LogP contribution in [-0.2, 0) is 4.79 Å². The molecule has 6 heteroatoms. The van der Waals surface area contributed by atoms with Crippen LogP contribution in [0.25, 0.3) is 0 Å². The van der Waals surface area contributed by atoms with Gasteiger partial charge in [0.15, 0.2) is 0 Å². The zero-order valence-electron chi connectivity index (χ0n) is 36.6. The molecule has 318 valence electrons. The smallest absolute Gasteiger partial charge is 0.239 e. The first kappa shape index (κ1) is 50.8. The van der Waals surface area contributed by atoms with Crippen LogP contribution in [0.15, 0.2) is 24.3 Å². The maximum Gasteiger partial charge on any atom is 0.239 e. The van der Waals surface area contributed by atoms with E-state index >= 15 is 0 Å². The molecule has 0 aliphatic carbocycles. The van der Waals surface area contributed by atoms with Gasteiger partial charge >= 0.3 is 0 Å². The molecule has 0 radical (unpaired) electrons. The fourth-order valence-corrected chi connectivity index (χ4v) is 7.84. The molecule has 0 aromatic heterocycles. The Morgan fingerprint density at radius 3 is 1.17 bits per heavy atom. The molecule has 1 amide bonds. The molecule has 0 unspecified atom stereocenters. The Hall–Kier alpha value is -1.21. The zero-order valence-corrected chi connectivity index (χ0v) is 36.6. The van der Waals surface area contributed by atoms with E-state index in [1.807, 2.05) is 0 Å². The summed E-state index contributed by atoms with van der Waals surface area (Å²) in [5.41, 5.74) is 12.1. The van der Waals surface area contributed by atoms with Gasteiger partial charge in [-0.1, -0.05) is 160 Å². The fourth-order valence-electron chi connectivity index (χ4n) is 7.84. The second kappa shape index (κ2) is 40.0. The summed E-state index contributed by atoms with van der Waals surface area (Å²) in [6.07, 6.45) is 50.0. The lowest BCUT2D eigenvalue weighted by Crippen LogP contribution is -2.48. The largest absolute Gasteiger partial charge is 0.339 e. The highest BCUT2D eigenvalue weighted by Crippen LogP contribution is 2.14. The number of allylic oxidation sites excluding steroid dienone is 4. The molecule has 0 bridgehead atoms. The maximum absolute atomic E-state index is 13.4. The lowest BCUT2D eigenvalue weighted by atomic mass is 10.1. The molecule has 1 heterocycles. The lowest BCUT2D eigenvalue weighted by Gasteiger charge is -2.28. The highest BCUT2D eigenvalue weighted by atomic mass is 16.2. The van der Waals surface area contributed by atoms with E-state index in [1.165, 1.54) is 180 Å². The highest BCUT2D eigenvalue weighted by molar-refractivity contribution is 5.81. The maximum atomic E-state index is 13.4. The molecule has 1 saturated heterocycles. The van der Waals surface area contributed by atoms with E-state index in [-0.39, 0.29) is 5.91 Å². The minimum absolute atomic E-state index is 0.142. The van der Waals surface area contributed by atoms with Crippen LogP contribution >= 0.6 is 0 Å². The number of nitrogens with zero attached hydrogens (tertiary/aromatic N) is 3. The van der Waals surface area contributed by atoms with Crippen molar-refractivity contribution in [2.45, 2.75) is 219 Å². The molecule has 6 nitrogen and oxygen atoms in total. The van der Waals surface area contributed by atoms with Crippen molar-refractivity contribution in [3.05, 3.63) is 24.3 Å². The summed E-state index contributed by atoms with van der Waals surface area (Å²) < 4.78 is 0. The van der Waals surface area contributed by atoms with Crippen molar-refractivity contribution in [3.63, 3.8) is 0 Å². The summed E-state index contributed by atoms with van der Waals surface area (Å²) in [7, 11) is 0. The SMILES string of the molecule is CCCCCCCC/C=C\CCCCCCCCN1CCN(CCCCCCCC/C=C\CCCCCCCC)CCN(C(=O)[C@@H](N)CCCCN)CC1. The molecular weight excluding hydrogens is 663 g/mol. The van der Waals surface area contributed by atoms with E-state index in [2.05, 4.69) is 52.9 Å². The Labute approximate surface area is 338 Å². The molecule has 1 aliphatic heterocycles. The number of rotatable bonds is 37. The monoisotopic (exact) mass is 758 g/mol. The van der Waals surface area contributed by atoms with Gasteiger partial charge in [-0.05, 0) is 96.7 Å². The van der Waals surface area contributed by atoms with Crippen molar-refractivity contribution in [2.24, 2.45) is 11.5 Å². The van der Waals surface area contributed by atoms with Crippen LogP contribution in [0.2, 0.25) is 0 Å². The van der Waals surface area contributed by atoms with Crippen molar-refractivity contribution >= 4 is 5.91 Å². The van der Waals surface area contributed by atoms with Gasteiger partial charge in [-0.15, -0.1) is 0 Å². The Morgan fingerprint density at radius 1 is 0.463 bits per heavy atom. The van der Waals surface area contributed by atoms with Gasteiger partial charge in [0, 0.05) is 39.3 Å². The normalized spacial score (nSPS) is 15.7. The van der Waals surface area contributed by atoms with Crippen LogP contribution in [0.1, 0.15) is 213 Å². The van der Waals surface area contributed by atoms with E-state index in [1.54, 1.807) is 0 Å². The summed E-state index contributed by atoms with van der Waals surface area (Å²) in [5.74, 6) is 0.142. The van der Waals surface area contributed by atoms with Crippen LogP contribution in [0.4, 0.5) is 0 Å². The Kier molecular flexibility index (Phi) is 37.6. The summed E-state index contributed by atoms with van der Waals surface area (Å²) in [6.45, 7) is 13.3. The van der Waals surface area contributed by atoms with E-state index in [4.69, 9.17) is 11.5 Å². The highest BCUT2D eigenvalue weighted by Gasteiger charge is 2.23. The molecule has 1 aliphatic rings. The van der Waals surface area contributed by atoms with Crippen LogP contribution in [0.3, 0.4) is 0 Å². The molecule has 0 aromatic carbocycles. The Morgan fingerprint density at radius 2 is 0.796 bits per heavy atom. The number of amides is 1. The standard InChI is InChI=1S/C48H95N5O/c1-3-5-7-9-11-13-15-17-19-21-23-25-27-29-31-35-39-51-41-42-52(44-46-53(45-43-51)48(54)47(50)37-33-34-38-49)40-36-32-30-28-26-24-22-20-18-16-14-12-10-8-6-4-2/h17-20,47H,3-16,21-46,49-50H2,1-2H3/b19-17-,20-18-/t47-/m0/s1. The van der Waals surface area contributed by atoms with E-state index in [9.17, 15) is 4.79 Å². The van der Waals surface area contributed by atoms with Gasteiger partial charge in [0.05, 0.1) is 6.04 Å². The first-order chi connectivity index (χ1) is 26.6. The van der Waals surface area contributed by atoms with Crippen molar-refractivity contribution in [1.82, 2.24) is 14.7 Å². The number of hydrogen-bond acceptors (Lipinski definition) is 5. The third kappa shape index (κ3) is 31.9. The number of carbonyl (C=O) groups excluding carboxylic acids is 1. The average molecular weight is 758 g/mol. The van der Waals surface area contributed by atoms with Gasteiger partial charge in [0.2, 0.25) is 5.91 Å². The molecule has 1 fully saturated rings. The van der Waals surface area contributed by atoms with Crippen molar-refractivity contribution in [2.75, 3.05) is 58.9 Å². The van der Waals surface area contributed by atoms with E-state index in [0.29, 0.717) is 6.54 Å². The minimum atomic E-state index is -0.397. The second-order valence-corrected chi connectivity index (χ2v) is 16.8. The van der Waals surface area contributed by atoms with Gasteiger partial charge in [-0.25, -0.2) is 0 Å². The zero-order chi connectivity index (χ0) is 39.0. The van der Waals surface area contributed by atoms with Crippen LogP contribution in [-0.4, -0.2) is 85.6 Å². The summed E-state index contributed by atoms with van der Waals surface area (Å²) in [4.78, 5) is 20.8. The molecule has 4 N–H and O–H groups in total. The second-order valence-electron chi connectivity index (χ2n) is 16.8. The predicted molar refractivity (Wildman–Crippen MR) is 239 cm³/mol. The third-order valence-electron chi connectivity index (χ3n) is 11.7. The Bertz CT molecular complexity index is 793. The summed E-state index contributed by atoms with van der Waals surface area (Å²) in [5, 5.41) is 0. The number of nitrogens with two attached hydrogens (primary N) is 2. The van der Waals surface area contributed by atoms with Crippen LogP contribution < -0.4 is 11.5 Å². The van der Waals surface area contributed by atoms with Crippen molar-refractivity contribution < 1.29 is 4.79 Å². The minimum Gasteiger partial charge on any atom is -0.339 e. The third-order valence-corrected chi connectivity index (χ3v) is 11.7. The Balaban J connectivity index is 2.33. The van der Waals surface area contributed by atoms with Crippen molar-refractivity contribution in [1.29, 1.82) is 0 Å². The van der Waals surface area contributed by atoms with Gasteiger partial charge in [0.25, 0.3) is 0 Å². The van der Waals surface area contributed by atoms with Gasteiger partial charge in [-0.2, -0.15) is 0 Å². The fraction of sp³-hybridized carbons (Fsp3) is 0.896. The molecule has 1 atom stereocenters. The van der Waals surface area contributed by atoms with Gasteiger partial charge < -0.3 is 26.2 Å². The average Bonchev–Trinajstić information content (AvgIpc) is 3.28. The lowest BCUT2D eigenvalue weighted by molar-refractivity contribution is -0.133. The quantitative estimate of drug-likeness (QED) is 0.0487. The first-order valence-corrected chi connectivity index (χ1v) is 24.1. The molecule has 0 spiro atoms. The predicted octanol–water partition coefficient (Wildman–Crippen LogP) is 12.0. The van der Waals surface area contributed by atoms with E-state index < -0.39 is 6.04 Å². The van der Waals surface area contributed by atoms with Gasteiger partial charge in [-0.3, -0.25) is 4.79 Å². The van der Waals surface area contributed by atoms with Crippen LogP contribution in [0, 0.1) is 0 Å². The first-order valence-electron chi connectivity index (χ1n) is 24.1. The molecule has 0 saturated carbocycles. The van der Waals surface area contributed by atoms with Gasteiger partial charge in [0.1, 0.15) is 0 Å².